The molecule has 0 fully saturated rings. The van der Waals surface area contributed by atoms with E-state index in [9.17, 15) is 4.79 Å². The van der Waals surface area contributed by atoms with Crippen LogP contribution in [0.1, 0.15) is 26.3 Å². The van der Waals surface area contributed by atoms with Crippen LogP contribution in [0.25, 0.3) is 0 Å². The zero-order valence-corrected chi connectivity index (χ0v) is 8.22. The normalized spacial score (nSPS) is 11.0. The highest BCUT2D eigenvalue weighted by atomic mass is 16.1. The zero-order valence-electron chi connectivity index (χ0n) is 8.22. The molecule has 0 aliphatic carbocycles. The third-order valence-corrected chi connectivity index (χ3v) is 1.52. The summed E-state index contributed by atoms with van der Waals surface area (Å²) in [4.78, 5) is 10.3. The highest BCUT2D eigenvalue weighted by Gasteiger charge is 2.08. The predicted molar refractivity (Wildman–Crippen MR) is 54.6 cm³/mol. The van der Waals surface area contributed by atoms with E-state index in [0.29, 0.717) is 5.56 Å². The van der Waals surface area contributed by atoms with Crippen LogP contribution in [0.15, 0.2) is 24.3 Å². The highest BCUT2D eigenvalue weighted by molar-refractivity contribution is 5.76. The number of hydrogen-bond acceptors (Lipinski definition) is 2. The first-order chi connectivity index (χ1) is 6.01. The molecule has 0 saturated carbocycles. The average Bonchev–Trinajstić information content (AvgIpc) is 2.03. The summed E-state index contributed by atoms with van der Waals surface area (Å²) in [5, 5.41) is 3.30. The van der Waals surface area contributed by atoms with Crippen molar-refractivity contribution in [3.05, 3.63) is 29.8 Å². The summed E-state index contributed by atoms with van der Waals surface area (Å²) in [6.07, 6.45) is 1.84. The Labute approximate surface area is 79.0 Å². The fraction of sp³-hybridized carbons (Fsp3) is 0.364. The second-order valence-electron chi connectivity index (χ2n) is 4.05. The predicted octanol–water partition coefficient (Wildman–Crippen LogP) is 2.35. The maximum Gasteiger partial charge on any atom is 0.233 e. The zero-order chi connectivity index (χ0) is 9.90. The number of carbonyl (C=O) groups excluding carboxylic acids is 1. The Kier molecular flexibility index (Phi) is 2.71. The summed E-state index contributed by atoms with van der Waals surface area (Å²) in [6.45, 7) is 6.27. The van der Waals surface area contributed by atoms with Gasteiger partial charge in [-0.1, -0.05) is 0 Å². The van der Waals surface area contributed by atoms with Gasteiger partial charge < -0.3 is 5.32 Å². The topological polar surface area (TPSA) is 29.1 Å². The fourth-order valence-corrected chi connectivity index (χ4v) is 1.05. The molecule has 0 heterocycles. The van der Waals surface area contributed by atoms with Gasteiger partial charge in [0.1, 0.15) is 0 Å². The van der Waals surface area contributed by atoms with E-state index in [0.717, 1.165) is 5.69 Å². The van der Waals surface area contributed by atoms with Crippen molar-refractivity contribution in [1.29, 1.82) is 0 Å². The molecule has 0 unspecified atom stereocenters. The van der Waals surface area contributed by atoms with Gasteiger partial charge in [-0.25, -0.2) is 0 Å². The molecular formula is C11H14NO. The van der Waals surface area contributed by atoms with Crippen molar-refractivity contribution in [2.24, 2.45) is 0 Å². The van der Waals surface area contributed by atoms with Gasteiger partial charge in [0, 0.05) is 16.8 Å². The molecule has 1 aromatic rings. The Hall–Kier alpha value is -1.31. The van der Waals surface area contributed by atoms with Crippen LogP contribution >= 0.6 is 0 Å². The molecule has 1 radical (unpaired) electrons. The van der Waals surface area contributed by atoms with Crippen LogP contribution in [0.2, 0.25) is 0 Å². The Bertz CT molecular complexity index is 282. The van der Waals surface area contributed by atoms with Crippen molar-refractivity contribution in [3.63, 3.8) is 0 Å². The van der Waals surface area contributed by atoms with Gasteiger partial charge in [0.15, 0.2) is 0 Å². The molecule has 0 bridgehead atoms. The van der Waals surface area contributed by atoms with Crippen molar-refractivity contribution in [1.82, 2.24) is 0 Å². The Balaban J connectivity index is 2.75. The molecule has 0 amide bonds. The Morgan fingerprint density at radius 1 is 1.15 bits per heavy atom. The summed E-state index contributed by atoms with van der Waals surface area (Å²) in [5.41, 5.74) is 1.65. The summed E-state index contributed by atoms with van der Waals surface area (Å²) < 4.78 is 0. The van der Waals surface area contributed by atoms with Gasteiger partial charge in [-0.2, -0.15) is 0 Å². The van der Waals surface area contributed by atoms with Crippen molar-refractivity contribution in [2.75, 3.05) is 5.32 Å². The lowest BCUT2D eigenvalue weighted by Gasteiger charge is -2.21. The number of hydrogen-bond donors (Lipinski definition) is 1. The minimum absolute atomic E-state index is 0.0480. The van der Waals surface area contributed by atoms with Crippen LogP contribution in [-0.2, 0) is 4.79 Å². The van der Waals surface area contributed by atoms with Gasteiger partial charge in [-0.15, -0.1) is 0 Å². The summed E-state index contributed by atoms with van der Waals surface area (Å²) >= 11 is 0. The Morgan fingerprint density at radius 2 is 1.69 bits per heavy atom. The first-order valence-corrected chi connectivity index (χ1v) is 4.28. The maximum absolute atomic E-state index is 10.3. The van der Waals surface area contributed by atoms with E-state index in [-0.39, 0.29) is 5.54 Å². The van der Waals surface area contributed by atoms with Gasteiger partial charge in [-0.3, -0.25) is 4.79 Å². The SMILES string of the molecule is CC(C)(C)Nc1ccc([C]=O)cc1. The van der Waals surface area contributed by atoms with Crippen LogP contribution in [0, 0.1) is 0 Å². The molecule has 2 nitrogen and oxygen atoms in total. The van der Waals surface area contributed by atoms with E-state index in [1.807, 2.05) is 18.4 Å². The van der Waals surface area contributed by atoms with Crippen molar-refractivity contribution in [2.45, 2.75) is 26.3 Å². The number of rotatable bonds is 2. The summed E-state index contributed by atoms with van der Waals surface area (Å²) in [5.74, 6) is 0. The molecule has 13 heavy (non-hydrogen) atoms. The largest absolute Gasteiger partial charge is 0.380 e. The maximum atomic E-state index is 10.3. The third kappa shape index (κ3) is 3.28. The summed E-state index contributed by atoms with van der Waals surface area (Å²) in [7, 11) is 0. The lowest BCUT2D eigenvalue weighted by atomic mass is 10.1. The molecule has 0 aliphatic rings. The van der Waals surface area contributed by atoms with E-state index in [4.69, 9.17) is 0 Å². The molecule has 1 rings (SSSR count). The van der Waals surface area contributed by atoms with E-state index < -0.39 is 0 Å². The molecule has 0 aromatic heterocycles. The molecule has 2 heteroatoms. The van der Waals surface area contributed by atoms with Gasteiger partial charge in [0.05, 0.1) is 0 Å². The smallest absolute Gasteiger partial charge is 0.233 e. The van der Waals surface area contributed by atoms with E-state index in [1.165, 1.54) is 0 Å². The monoisotopic (exact) mass is 176 g/mol. The van der Waals surface area contributed by atoms with Crippen LogP contribution in [-0.4, -0.2) is 11.8 Å². The number of benzene rings is 1. The number of anilines is 1. The van der Waals surface area contributed by atoms with Crippen LogP contribution in [0.3, 0.4) is 0 Å². The quantitative estimate of drug-likeness (QED) is 0.749. The lowest BCUT2D eigenvalue weighted by molar-refractivity contribution is 0.563. The standard InChI is InChI=1S/C11H14NO/c1-11(2,3)12-10-6-4-9(8-13)5-7-10/h4-7,12H,1-3H3. The molecule has 0 spiro atoms. The van der Waals surface area contributed by atoms with E-state index in [1.54, 1.807) is 12.1 Å². The molecule has 1 aromatic carbocycles. The van der Waals surface area contributed by atoms with Crippen LogP contribution in [0.5, 0.6) is 0 Å². The van der Waals surface area contributed by atoms with Gasteiger partial charge in [0.2, 0.25) is 6.29 Å². The second-order valence-corrected chi connectivity index (χ2v) is 4.05. The highest BCUT2D eigenvalue weighted by Crippen LogP contribution is 2.14. The van der Waals surface area contributed by atoms with E-state index in [2.05, 4.69) is 26.1 Å². The fourth-order valence-electron chi connectivity index (χ4n) is 1.05. The molecule has 0 saturated heterocycles. The molecule has 69 valence electrons. The first kappa shape index (κ1) is 9.78. The first-order valence-electron chi connectivity index (χ1n) is 4.28. The molecule has 0 atom stereocenters. The minimum Gasteiger partial charge on any atom is -0.380 e. The van der Waals surface area contributed by atoms with Gasteiger partial charge >= 0.3 is 0 Å². The van der Waals surface area contributed by atoms with Crippen molar-refractivity contribution >= 4 is 12.0 Å². The molecule has 1 N–H and O–H groups in total. The van der Waals surface area contributed by atoms with E-state index >= 15 is 0 Å². The molecular weight excluding hydrogens is 162 g/mol. The molecule has 0 aliphatic heterocycles. The lowest BCUT2D eigenvalue weighted by Crippen LogP contribution is -2.25. The third-order valence-electron chi connectivity index (χ3n) is 1.52. The summed E-state index contributed by atoms with van der Waals surface area (Å²) in [6, 6.07) is 7.26. The van der Waals surface area contributed by atoms with Crippen molar-refractivity contribution < 1.29 is 4.79 Å². The average molecular weight is 176 g/mol. The minimum atomic E-state index is 0.0480. The van der Waals surface area contributed by atoms with Gasteiger partial charge in [-0.05, 0) is 45.0 Å². The van der Waals surface area contributed by atoms with Crippen molar-refractivity contribution in [3.8, 4) is 0 Å². The van der Waals surface area contributed by atoms with Crippen LogP contribution < -0.4 is 5.32 Å². The number of nitrogens with one attached hydrogen (secondary N) is 1. The van der Waals surface area contributed by atoms with Crippen LogP contribution in [0.4, 0.5) is 5.69 Å². The second kappa shape index (κ2) is 3.60. The Morgan fingerprint density at radius 3 is 2.08 bits per heavy atom. The van der Waals surface area contributed by atoms with Gasteiger partial charge in [0.25, 0.3) is 0 Å².